The quantitative estimate of drug-likeness (QED) is 0.183. The van der Waals surface area contributed by atoms with E-state index in [-0.39, 0.29) is 11.3 Å². The van der Waals surface area contributed by atoms with Gasteiger partial charge in [0.15, 0.2) is 0 Å². The maximum absolute atomic E-state index is 6.72. The molecular formula is C51H39NO2. The number of nitrogens with zero attached hydrogens (tertiary/aromatic N) is 1. The van der Waals surface area contributed by atoms with Gasteiger partial charge in [-0.15, -0.1) is 0 Å². The Morgan fingerprint density at radius 1 is 0.648 bits per heavy atom. The van der Waals surface area contributed by atoms with Crippen LogP contribution in [0.3, 0.4) is 0 Å². The van der Waals surface area contributed by atoms with Crippen molar-refractivity contribution in [3.05, 3.63) is 185 Å². The van der Waals surface area contributed by atoms with E-state index < -0.39 is 0 Å². The molecule has 0 fully saturated rings. The average Bonchev–Trinajstić information content (AvgIpc) is 3.76. The Morgan fingerprint density at radius 2 is 1.41 bits per heavy atom. The minimum Gasteiger partial charge on any atom is -0.460 e. The third-order valence-corrected chi connectivity index (χ3v) is 12.1. The normalized spacial score (nSPS) is 17.1. The number of rotatable bonds is 4. The standard InChI is InChI=1S/C51H39NO2/c1-51(2)43-23-10-13-26-48(43)53-49-30-42-39-19-8-11-24-45(39)52(46(42)31-44(49)51)35-28-33(37-18-7-6-17-36(37)32-15-4-3-5-16-32)27-34(29-35)38-21-14-22-41-40-20-9-12-25-47(40)54-50(38)41/h3-7,9-18,21-31,40H,8,19-20H2,1-2H3. The summed E-state index contributed by atoms with van der Waals surface area (Å²) in [6, 6.07) is 46.5. The van der Waals surface area contributed by atoms with Crippen molar-refractivity contribution in [3.8, 4) is 56.3 Å². The molecule has 4 aliphatic rings. The molecule has 0 N–H and O–H groups in total. The third-order valence-electron chi connectivity index (χ3n) is 12.1. The van der Waals surface area contributed by atoms with Crippen molar-refractivity contribution in [1.29, 1.82) is 0 Å². The van der Waals surface area contributed by atoms with Crippen molar-refractivity contribution in [1.82, 2.24) is 4.57 Å². The molecule has 3 heteroatoms. The predicted molar refractivity (Wildman–Crippen MR) is 221 cm³/mol. The molecule has 1 unspecified atom stereocenters. The molecule has 7 aromatic rings. The summed E-state index contributed by atoms with van der Waals surface area (Å²) in [7, 11) is 0. The smallest absolute Gasteiger partial charge is 0.138 e. The highest BCUT2D eigenvalue weighted by Crippen LogP contribution is 2.52. The van der Waals surface area contributed by atoms with Gasteiger partial charge in [-0.3, -0.25) is 0 Å². The number of allylic oxidation sites excluding steroid dienone is 5. The van der Waals surface area contributed by atoms with Crippen LogP contribution in [-0.4, -0.2) is 4.57 Å². The summed E-state index contributed by atoms with van der Waals surface area (Å²) < 4.78 is 15.9. The van der Waals surface area contributed by atoms with E-state index >= 15 is 0 Å². The third kappa shape index (κ3) is 4.67. The number of benzene rings is 6. The van der Waals surface area contributed by atoms with E-state index in [1.807, 2.05) is 0 Å². The Morgan fingerprint density at radius 3 is 2.28 bits per heavy atom. The minimum absolute atomic E-state index is 0.228. The first-order valence-corrected chi connectivity index (χ1v) is 19.2. The summed E-state index contributed by atoms with van der Waals surface area (Å²) in [6.07, 6.45) is 14.1. The van der Waals surface area contributed by atoms with Crippen molar-refractivity contribution >= 4 is 17.0 Å². The highest BCUT2D eigenvalue weighted by Gasteiger charge is 2.36. The first kappa shape index (κ1) is 31.2. The average molecular weight is 698 g/mol. The number of fused-ring (bicyclic) bond motifs is 8. The van der Waals surface area contributed by atoms with Gasteiger partial charge in [0.2, 0.25) is 0 Å². The van der Waals surface area contributed by atoms with Crippen LogP contribution in [0.5, 0.6) is 17.2 Å². The van der Waals surface area contributed by atoms with Gasteiger partial charge in [0.25, 0.3) is 0 Å². The van der Waals surface area contributed by atoms with E-state index in [1.165, 1.54) is 61.1 Å². The van der Waals surface area contributed by atoms with Gasteiger partial charge in [0.05, 0.1) is 5.52 Å². The van der Waals surface area contributed by atoms with E-state index in [9.17, 15) is 0 Å². The topological polar surface area (TPSA) is 23.4 Å². The van der Waals surface area contributed by atoms with E-state index in [0.29, 0.717) is 0 Å². The molecule has 0 spiro atoms. The second-order valence-electron chi connectivity index (χ2n) is 15.5. The minimum atomic E-state index is -0.228. The molecule has 1 atom stereocenters. The monoisotopic (exact) mass is 697 g/mol. The van der Waals surface area contributed by atoms with Gasteiger partial charge in [-0.05, 0) is 101 Å². The zero-order valence-electron chi connectivity index (χ0n) is 30.5. The fourth-order valence-electron chi connectivity index (χ4n) is 9.38. The van der Waals surface area contributed by atoms with E-state index in [0.717, 1.165) is 59.1 Å². The molecule has 3 nitrogen and oxygen atoms in total. The molecule has 260 valence electrons. The molecule has 54 heavy (non-hydrogen) atoms. The largest absolute Gasteiger partial charge is 0.460 e. The van der Waals surface area contributed by atoms with Crippen molar-refractivity contribution in [2.45, 2.75) is 44.4 Å². The molecule has 2 aliphatic heterocycles. The second-order valence-corrected chi connectivity index (χ2v) is 15.5. The SMILES string of the molecule is CC1(C)c2ccccc2Oc2cc3c4c(n(-c5cc(-c6ccccc6-c6ccccc6)cc(-c6cccc7c6OC6=CC=CCC67)c5)c3cc21)C=CCC4. The van der Waals surface area contributed by atoms with E-state index in [1.54, 1.807) is 0 Å². The van der Waals surface area contributed by atoms with Crippen molar-refractivity contribution in [3.63, 3.8) is 0 Å². The Balaban J connectivity index is 1.18. The Bertz CT molecular complexity index is 2780. The van der Waals surface area contributed by atoms with Crippen LogP contribution < -0.4 is 9.47 Å². The molecule has 0 saturated carbocycles. The van der Waals surface area contributed by atoms with Gasteiger partial charge in [-0.25, -0.2) is 0 Å². The summed E-state index contributed by atoms with van der Waals surface area (Å²) in [5.41, 5.74) is 15.4. The van der Waals surface area contributed by atoms with Gasteiger partial charge in [-0.2, -0.15) is 0 Å². The lowest BCUT2D eigenvalue weighted by Gasteiger charge is -2.34. The molecule has 3 heterocycles. The summed E-state index contributed by atoms with van der Waals surface area (Å²) in [4.78, 5) is 0. The maximum atomic E-state index is 6.72. The highest BCUT2D eigenvalue weighted by atomic mass is 16.5. The fourth-order valence-corrected chi connectivity index (χ4v) is 9.38. The predicted octanol–water partition coefficient (Wildman–Crippen LogP) is 13.3. The Labute approximate surface area is 316 Å². The summed E-state index contributed by atoms with van der Waals surface area (Å²) in [5.74, 6) is 4.18. The van der Waals surface area contributed by atoms with Crippen LogP contribution in [0.4, 0.5) is 0 Å². The van der Waals surface area contributed by atoms with Crippen LogP contribution in [0.25, 0.3) is 56.0 Å². The molecule has 0 saturated heterocycles. The van der Waals surface area contributed by atoms with Crippen molar-refractivity contribution in [2.75, 3.05) is 0 Å². The second kappa shape index (κ2) is 11.8. The van der Waals surface area contributed by atoms with Gasteiger partial charge < -0.3 is 14.0 Å². The lowest BCUT2D eigenvalue weighted by Crippen LogP contribution is -2.24. The van der Waals surface area contributed by atoms with E-state index in [2.05, 4.69) is 176 Å². The lowest BCUT2D eigenvalue weighted by molar-refractivity contribution is 0.419. The van der Waals surface area contributed by atoms with Gasteiger partial charge in [-0.1, -0.05) is 123 Å². The van der Waals surface area contributed by atoms with Crippen molar-refractivity contribution < 1.29 is 9.47 Å². The van der Waals surface area contributed by atoms with Crippen LogP contribution in [0.15, 0.2) is 157 Å². The number of para-hydroxylation sites is 2. The van der Waals surface area contributed by atoms with Gasteiger partial charge in [0, 0.05) is 50.4 Å². The number of hydrogen-bond donors (Lipinski definition) is 0. The summed E-state index contributed by atoms with van der Waals surface area (Å²) in [6.45, 7) is 4.65. The molecule has 0 amide bonds. The van der Waals surface area contributed by atoms with Crippen LogP contribution in [0.1, 0.15) is 60.6 Å². The van der Waals surface area contributed by atoms with Gasteiger partial charge >= 0.3 is 0 Å². The number of hydrogen-bond acceptors (Lipinski definition) is 2. The zero-order valence-corrected chi connectivity index (χ0v) is 30.5. The molecule has 0 radical (unpaired) electrons. The number of ether oxygens (including phenoxy) is 2. The van der Waals surface area contributed by atoms with Gasteiger partial charge in [0.1, 0.15) is 23.0 Å². The first-order chi connectivity index (χ1) is 26.5. The fraction of sp³-hybridized carbons (Fsp3) is 0.137. The summed E-state index contributed by atoms with van der Waals surface area (Å²) >= 11 is 0. The number of aryl methyl sites for hydroxylation is 1. The molecule has 2 aliphatic carbocycles. The van der Waals surface area contributed by atoms with Crippen LogP contribution in [0.2, 0.25) is 0 Å². The molecule has 0 bridgehead atoms. The molecule has 11 rings (SSSR count). The van der Waals surface area contributed by atoms with Crippen molar-refractivity contribution in [2.24, 2.45) is 0 Å². The van der Waals surface area contributed by atoms with Crippen LogP contribution in [-0.2, 0) is 11.8 Å². The highest BCUT2D eigenvalue weighted by molar-refractivity contribution is 5.95. The molecule has 6 aromatic carbocycles. The van der Waals surface area contributed by atoms with Crippen LogP contribution >= 0.6 is 0 Å². The Hall–Kier alpha value is -6.32. The maximum Gasteiger partial charge on any atom is 0.138 e. The first-order valence-electron chi connectivity index (χ1n) is 19.2. The van der Waals surface area contributed by atoms with Crippen LogP contribution in [0, 0.1) is 0 Å². The summed E-state index contributed by atoms with van der Waals surface area (Å²) in [5, 5.41) is 1.26. The Kier molecular flexibility index (Phi) is 6.85. The molecular weight excluding hydrogens is 659 g/mol. The number of aromatic nitrogens is 1. The molecule has 1 aromatic heterocycles. The zero-order chi connectivity index (χ0) is 36.0. The van der Waals surface area contributed by atoms with E-state index in [4.69, 9.17) is 9.47 Å². The lowest BCUT2D eigenvalue weighted by atomic mass is 9.75.